The van der Waals surface area contributed by atoms with Crippen molar-refractivity contribution < 1.29 is 15.0 Å². The summed E-state index contributed by atoms with van der Waals surface area (Å²) in [6.07, 6.45) is 2.51. The first-order valence-corrected chi connectivity index (χ1v) is 3.38. The summed E-state index contributed by atoms with van der Waals surface area (Å²) < 4.78 is 0. The van der Waals surface area contributed by atoms with Crippen molar-refractivity contribution >= 4 is 12.0 Å². The van der Waals surface area contributed by atoms with Gasteiger partial charge in [-0.25, -0.2) is 4.79 Å². The van der Waals surface area contributed by atoms with E-state index in [4.69, 9.17) is 10.2 Å². The van der Waals surface area contributed by atoms with Crippen molar-refractivity contribution in [2.75, 3.05) is 0 Å². The Labute approximate surface area is 69.6 Å². The predicted molar refractivity (Wildman–Crippen MR) is 44.8 cm³/mol. The van der Waals surface area contributed by atoms with Crippen molar-refractivity contribution in [3.05, 3.63) is 35.9 Å². The highest BCUT2D eigenvalue weighted by atomic mass is 16.4. The minimum atomic E-state index is -0.983. The Hall–Kier alpha value is -1.77. The summed E-state index contributed by atoms with van der Waals surface area (Å²) in [7, 11) is 0. The molecule has 0 saturated heterocycles. The largest absolute Gasteiger partial charge is 0.508 e. The van der Waals surface area contributed by atoms with Gasteiger partial charge in [0.25, 0.3) is 0 Å². The number of benzene rings is 1. The van der Waals surface area contributed by atoms with E-state index < -0.39 is 5.97 Å². The molecule has 0 aliphatic rings. The van der Waals surface area contributed by atoms with Gasteiger partial charge >= 0.3 is 5.97 Å². The normalized spacial score (nSPS) is 10.3. The lowest BCUT2D eigenvalue weighted by Crippen LogP contribution is -1.85. The highest BCUT2D eigenvalue weighted by molar-refractivity contribution is 5.85. The maximum Gasteiger partial charge on any atom is 0.328 e. The van der Waals surface area contributed by atoms with Gasteiger partial charge in [-0.1, -0.05) is 12.1 Å². The van der Waals surface area contributed by atoms with E-state index in [1.165, 1.54) is 18.2 Å². The van der Waals surface area contributed by atoms with E-state index in [0.717, 1.165) is 11.6 Å². The van der Waals surface area contributed by atoms with Crippen LogP contribution in [-0.2, 0) is 4.79 Å². The van der Waals surface area contributed by atoms with E-state index in [9.17, 15) is 4.79 Å². The number of aliphatic carboxylic acids is 1. The molecule has 0 amide bonds. The SMILES string of the molecule is O=C(O)C=C[13c]1ccc(O)[13cH][13cH]1. The Kier molecular flexibility index (Phi) is 2.48. The number of carboxylic acids is 1. The van der Waals surface area contributed by atoms with Gasteiger partial charge < -0.3 is 10.2 Å². The molecule has 1 aromatic carbocycles. The molecule has 0 atom stereocenters. The van der Waals surface area contributed by atoms with Gasteiger partial charge in [0.2, 0.25) is 0 Å². The van der Waals surface area contributed by atoms with Crippen LogP contribution in [0.1, 0.15) is 5.56 Å². The van der Waals surface area contributed by atoms with E-state index in [1.807, 2.05) is 0 Å². The topological polar surface area (TPSA) is 57.5 Å². The van der Waals surface area contributed by atoms with Crippen LogP contribution in [0.2, 0.25) is 0 Å². The summed E-state index contributed by atoms with van der Waals surface area (Å²) in [5.41, 5.74) is 0.746. The van der Waals surface area contributed by atoms with E-state index >= 15 is 0 Å². The molecule has 0 radical (unpaired) electrons. The summed E-state index contributed by atoms with van der Waals surface area (Å²) in [6.45, 7) is 0. The van der Waals surface area contributed by atoms with Crippen LogP contribution in [0.3, 0.4) is 0 Å². The predicted octanol–water partition coefficient (Wildman–Crippen LogP) is 1.49. The van der Waals surface area contributed by atoms with Gasteiger partial charge in [-0.15, -0.1) is 0 Å². The average Bonchev–Trinajstić information content (AvgIpc) is 2.03. The average molecular weight is 167 g/mol. The zero-order valence-corrected chi connectivity index (χ0v) is 6.27. The molecule has 2 N–H and O–H groups in total. The number of hydrogen-bond acceptors (Lipinski definition) is 2. The number of hydrogen-bond donors (Lipinski definition) is 2. The summed E-state index contributed by atoms with van der Waals surface area (Å²) in [6, 6.07) is 6.27. The summed E-state index contributed by atoms with van der Waals surface area (Å²) >= 11 is 0. The fourth-order valence-corrected chi connectivity index (χ4v) is 0.753. The Bertz CT molecular complexity index is 298. The van der Waals surface area contributed by atoms with Gasteiger partial charge in [0, 0.05) is 6.08 Å². The van der Waals surface area contributed by atoms with Gasteiger partial charge in [0.05, 0.1) is 0 Å². The summed E-state index contributed by atoms with van der Waals surface area (Å²) in [4.78, 5) is 10.1. The zero-order valence-electron chi connectivity index (χ0n) is 6.27. The van der Waals surface area contributed by atoms with E-state index in [0.29, 0.717) is 0 Å². The first kappa shape index (κ1) is 8.33. The Morgan fingerprint density at radius 3 is 2.33 bits per heavy atom. The molecule has 3 heteroatoms. The van der Waals surface area contributed by atoms with Crippen molar-refractivity contribution in [2.24, 2.45) is 0 Å². The number of phenolic OH excluding ortho intramolecular Hbond substituents is 1. The minimum Gasteiger partial charge on any atom is -0.508 e. The Morgan fingerprint density at radius 1 is 1.25 bits per heavy atom. The van der Waals surface area contributed by atoms with Gasteiger partial charge in [0.15, 0.2) is 0 Å². The molecular formula is C9H8O3. The standard InChI is InChI=1S/C9H8O3/c10-8-4-1-7(2-5-8)3-6-9(11)12/h1-6,10H,(H,11,12)/i1+1,4+1,7+1. The molecule has 0 fully saturated rings. The number of carboxylic acid groups (broad SMARTS) is 1. The highest BCUT2D eigenvalue weighted by Crippen LogP contribution is 2.10. The van der Waals surface area contributed by atoms with E-state index in [1.54, 1.807) is 12.1 Å². The second-order valence-electron chi connectivity index (χ2n) is 2.26. The third-order valence-electron chi connectivity index (χ3n) is 1.31. The lowest BCUT2D eigenvalue weighted by molar-refractivity contribution is -0.131. The molecule has 1 rings (SSSR count). The highest BCUT2D eigenvalue weighted by Gasteiger charge is 1.89. The van der Waals surface area contributed by atoms with Gasteiger partial charge in [0.1, 0.15) is 5.75 Å². The molecular weight excluding hydrogens is 159 g/mol. The van der Waals surface area contributed by atoms with Crippen LogP contribution in [0.4, 0.5) is 0 Å². The molecule has 3 nitrogen and oxygen atoms in total. The smallest absolute Gasteiger partial charge is 0.328 e. The molecule has 0 heterocycles. The minimum absolute atomic E-state index is 0.169. The summed E-state index contributed by atoms with van der Waals surface area (Å²) in [5, 5.41) is 17.2. The fourth-order valence-electron chi connectivity index (χ4n) is 0.753. The third-order valence-corrected chi connectivity index (χ3v) is 1.31. The summed E-state index contributed by atoms with van der Waals surface area (Å²) in [5.74, 6) is -0.814. The number of aromatic hydroxyl groups is 1. The third kappa shape index (κ3) is 2.46. The molecule has 0 unspecified atom stereocenters. The van der Waals surface area contributed by atoms with E-state index in [-0.39, 0.29) is 5.75 Å². The van der Waals surface area contributed by atoms with Crippen LogP contribution in [-0.4, -0.2) is 16.2 Å². The lowest BCUT2D eigenvalue weighted by Gasteiger charge is -1.92. The molecule has 1 aromatic rings. The Morgan fingerprint density at radius 2 is 1.83 bits per heavy atom. The van der Waals surface area contributed by atoms with Crippen molar-refractivity contribution in [2.45, 2.75) is 0 Å². The van der Waals surface area contributed by atoms with Crippen LogP contribution in [0, 0.1) is 0 Å². The Balaban J connectivity index is 2.77. The molecule has 12 heavy (non-hydrogen) atoms. The van der Waals surface area contributed by atoms with Crippen molar-refractivity contribution in [1.29, 1.82) is 0 Å². The van der Waals surface area contributed by atoms with Crippen LogP contribution < -0.4 is 0 Å². The van der Waals surface area contributed by atoms with Crippen LogP contribution in [0.25, 0.3) is 6.08 Å². The zero-order chi connectivity index (χ0) is 8.97. The molecule has 0 aromatic heterocycles. The molecule has 0 spiro atoms. The van der Waals surface area contributed by atoms with Crippen molar-refractivity contribution in [3.63, 3.8) is 0 Å². The van der Waals surface area contributed by atoms with Gasteiger partial charge in [-0.2, -0.15) is 0 Å². The maximum atomic E-state index is 10.1. The molecule has 62 valence electrons. The van der Waals surface area contributed by atoms with Crippen molar-refractivity contribution in [3.8, 4) is 5.75 Å². The van der Waals surface area contributed by atoms with Gasteiger partial charge in [-0.05, 0) is 23.8 Å². The number of phenols is 1. The fraction of sp³-hybridized carbons (Fsp3) is 0. The van der Waals surface area contributed by atoms with Crippen LogP contribution in [0.5, 0.6) is 5.75 Å². The molecule has 0 aliphatic heterocycles. The monoisotopic (exact) mass is 167 g/mol. The molecule has 0 aliphatic carbocycles. The first-order valence-electron chi connectivity index (χ1n) is 3.38. The second kappa shape index (κ2) is 3.57. The first-order chi connectivity index (χ1) is 5.68. The molecule has 0 bridgehead atoms. The molecule has 0 saturated carbocycles. The number of carbonyl (C=O) groups is 1. The maximum absolute atomic E-state index is 10.1. The van der Waals surface area contributed by atoms with Crippen molar-refractivity contribution in [1.82, 2.24) is 0 Å². The lowest BCUT2D eigenvalue weighted by atomic mass is 10.5. The quantitative estimate of drug-likeness (QED) is 0.656. The van der Waals surface area contributed by atoms with E-state index in [2.05, 4.69) is 0 Å². The second-order valence-corrected chi connectivity index (χ2v) is 2.26. The van der Waals surface area contributed by atoms with Crippen LogP contribution >= 0.6 is 0 Å². The van der Waals surface area contributed by atoms with Crippen LogP contribution in [0.15, 0.2) is 30.3 Å². The number of rotatable bonds is 2. The van der Waals surface area contributed by atoms with Gasteiger partial charge in [-0.3, -0.25) is 0 Å².